The molecule has 0 amide bonds. The van der Waals surface area contributed by atoms with Crippen molar-refractivity contribution in [3.63, 3.8) is 0 Å². The fourth-order valence-corrected chi connectivity index (χ4v) is 3.09. The number of fused-ring (bicyclic) bond motifs is 3. The highest BCUT2D eigenvalue weighted by Crippen LogP contribution is 2.43. The molecule has 0 aromatic heterocycles. The maximum absolute atomic E-state index is 11.0. The minimum absolute atomic E-state index is 0.132. The van der Waals surface area contributed by atoms with Crippen molar-refractivity contribution < 1.29 is 22.8 Å². The van der Waals surface area contributed by atoms with E-state index in [1.54, 1.807) is 19.1 Å². The number of nitrogens with zero attached hydrogens (tertiary/aromatic N) is 1. The molecule has 1 saturated heterocycles. The van der Waals surface area contributed by atoms with Gasteiger partial charge >= 0.3 is 0 Å². The maximum Gasteiger partial charge on any atom is 0.161 e. The second-order valence-corrected chi connectivity index (χ2v) is 5.97. The minimum Gasteiger partial charge on any atom is -0.493 e. The van der Waals surface area contributed by atoms with Gasteiger partial charge in [-0.3, -0.25) is 4.90 Å². The molecule has 1 aromatic rings. The zero-order chi connectivity index (χ0) is 22.0. The zero-order valence-corrected chi connectivity index (χ0v) is 13.8. The quantitative estimate of drug-likeness (QED) is 0.865. The van der Waals surface area contributed by atoms with E-state index in [0.29, 0.717) is 29.1 Å². The SMILES string of the molecule is [2H]C1([2H])C2c3cc(OC)c(OC)cc3CCN2C([2H])([2H])C([2H])(CC(=C)C)C1([2H])O. The molecule has 2 heterocycles. The van der Waals surface area contributed by atoms with Gasteiger partial charge in [0.1, 0.15) is 0 Å². The standard InChI is InChI=1S/C19H27NO3/c1-12(2)7-14-11-20-6-5-13-8-18(22-3)19(23-4)9-15(13)16(20)10-17(14)21/h8-9,14,16-17,21H,1,5-7,10-11H2,2-4H3/i10D2,11D2,14D,17D. The Balaban J connectivity index is 2.26. The summed E-state index contributed by atoms with van der Waals surface area (Å²) in [6, 6.07) is 2.02. The molecule has 126 valence electrons. The fraction of sp³-hybridized carbons (Fsp3) is 0.579. The Morgan fingerprint density at radius 1 is 1.43 bits per heavy atom. The Morgan fingerprint density at radius 2 is 2.13 bits per heavy atom. The summed E-state index contributed by atoms with van der Waals surface area (Å²) in [6.45, 7) is 2.93. The van der Waals surface area contributed by atoms with Gasteiger partial charge in [-0.05, 0) is 49.4 Å². The zero-order valence-electron chi connectivity index (χ0n) is 19.8. The molecule has 0 radical (unpaired) electrons. The number of ether oxygens (including phenoxy) is 2. The third-order valence-electron chi connectivity index (χ3n) is 4.19. The summed E-state index contributed by atoms with van der Waals surface area (Å²) in [5.74, 6) is -1.65. The average Bonchev–Trinajstić information content (AvgIpc) is 2.63. The van der Waals surface area contributed by atoms with Gasteiger partial charge in [-0.2, -0.15) is 0 Å². The number of aliphatic hydroxyl groups is 1. The Kier molecular flexibility index (Phi) is 2.95. The molecule has 0 aliphatic carbocycles. The lowest BCUT2D eigenvalue weighted by Crippen LogP contribution is -2.48. The van der Waals surface area contributed by atoms with Crippen molar-refractivity contribution in [1.82, 2.24) is 4.90 Å². The van der Waals surface area contributed by atoms with Crippen LogP contribution in [0.3, 0.4) is 0 Å². The molecule has 0 spiro atoms. The van der Waals surface area contributed by atoms with Crippen LogP contribution in [0.15, 0.2) is 24.3 Å². The normalized spacial score (nSPS) is 41.7. The second-order valence-electron chi connectivity index (χ2n) is 5.97. The summed E-state index contributed by atoms with van der Waals surface area (Å²) in [5.41, 5.74) is 1.55. The molecule has 4 heteroatoms. The highest BCUT2D eigenvalue weighted by molar-refractivity contribution is 5.49. The van der Waals surface area contributed by atoms with Crippen LogP contribution < -0.4 is 9.47 Å². The largest absolute Gasteiger partial charge is 0.493 e. The van der Waals surface area contributed by atoms with Gasteiger partial charge in [-0.1, -0.05) is 5.57 Å². The highest BCUT2D eigenvalue weighted by atomic mass is 16.5. The molecule has 23 heavy (non-hydrogen) atoms. The van der Waals surface area contributed by atoms with Gasteiger partial charge < -0.3 is 14.6 Å². The topological polar surface area (TPSA) is 41.9 Å². The van der Waals surface area contributed by atoms with Gasteiger partial charge in [0.15, 0.2) is 11.5 Å². The molecule has 3 unspecified atom stereocenters. The number of hydrogen-bond donors (Lipinski definition) is 1. The lowest BCUT2D eigenvalue weighted by atomic mass is 9.80. The Bertz CT molecular complexity index is 843. The smallest absolute Gasteiger partial charge is 0.161 e. The van der Waals surface area contributed by atoms with Gasteiger partial charge in [-0.15, -0.1) is 6.58 Å². The predicted octanol–water partition coefficient (Wildman–Crippen LogP) is 2.95. The van der Waals surface area contributed by atoms with Gasteiger partial charge in [0.05, 0.1) is 21.7 Å². The molecule has 4 nitrogen and oxygen atoms in total. The van der Waals surface area contributed by atoms with Crippen LogP contribution in [-0.2, 0) is 6.42 Å². The third-order valence-corrected chi connectivity index (χ3v) is 4.19. The van der Waals surface area contributed by atoms with Crippen molar-refractivity contribution >= 4 is 0 Å². The highest BCUT2D eigenvalue weighted by Gasteiger charge is 2.38. The molecule has 1 N–H and O–H groups in total. The van der Waals surface area contributed by atoms with Crippen molar-refractivity contribution in [3.05, 3.63) is 35.4 Å². The van der Waals surface area contributed by atoms with E-state index in [4.69, 9.17) is 17.7 Å². The summed E-state index contributed by atoms with van der Waals surface area (Å²) in [7, 11) is 2.94. The van der Waals surface area contributed by atoms with E-state index in [2.05, 4.69) is 6.58 Å². The summed E-state index contributed by atoms with van der Waals surface area (Å²) in [4.78, 5) is 1.26. The van der Waals surface area contributed by atoms with Gasteiger partial charge in [0, 0.05) is 31.8 Å². The number of methoxy groups -OCH3 is 2. The number of rotatable bonds is 4. The molecule has 3 rings (SSSR count). The van der Waals surface area contributed by atoms with Crippen LogP contribution in [0, 0.1) is 5.89 Å². The van der Waals surface area contributed by atoms with Crippen LogP contribution in [0.2, 0.25) is 0 Å². The van der Waals surface area contributed by atoms with Crippen LogP contribution in [0.25, 0.3) is 0 Å². The first-order valence-electron chi connectivity index (χ1n) is 10.6. The lowest BCUT2D eigenvalue weighted by molar-refractivity contribution is -0.0117. The first-order chi connectivity index (χ1) is 13.3. The van der Waals surface area contributed by atoms with Crippen molar-refractivity contribution in [2.75, 3.05) is 27.3 Å². The predicted molar refractivity (Wildman–Crippen MR) is 91.1 cm³/mol. The second kappa shape index (κ2) is 6.54. The molecule has 3 atom stereocenters. The van der Waals surface area contributed by atoms with Gasteiger partial charge in [-0.25, -0.2) is 0 Å². The van der Waals surface area contributed by atoms with E-state index >= 15 is 0 Å². The van der Waals surface area contributed by atoms with E-state index < -0.39 is 30.9 Å². The minimum atomic E-state index is -3.04. The molecular weight excluding hydrogens is 290 g/mol. The fourth-order valence-electron chi connectivity index (χ4n) is 3.09. The van der Waals surface area contributed by atoms with E-state index in [0.717, 1.165) is 5.56 Å². The van der Waals surface area contributed by atoms with E-state index in [1.165, 1.54) is 19.1 Å². The van der Waals surface area contributed by atoms with Crippen LogP contribution in [0.5, 0.6) is 11.5 Å². The van der Waals surface area contributed by atoms with Gasteiger partial charge in [0.2, 0.25) is 0 Å². The summed E-state index contributed by atoms with van der Waals surface area (Å²) in [5, 5.41) is 11.0. The van der Waals surface area contributed by atoms with Crippen LogP contribution in [-0.4, -0.2) is 43.3 Å². The van der Waals surface area contributed by atoms with E-state index in [9.17, 15) is 5.11 Å². The third kappa shape index (κ3) is 3.10. The summed E-state index contributed by atoms with van der Waals surface area (Å²) in [6.07, 6.45) is -5.63. The van der Waals surface area contributed by atoms with Crippen molar-refractivity contribution in [1.29, 1.82) is 0 Å². The van der Waals surface area contributed by atoms with Gasteiger partial charge in [0.25, 0.3) is 0 Å². The van der Waals surface area contributed by atoms with Crippen LogP contribution in [0.1, 0.15) is 45.1 Å². The first kappa shape index (κ1) is 10.4. The molecule has 2 aliphatic rings. The monoisotopic (exact) mass is 323 g/mol. The Labute approximate surface area is 147 Å². The molecular formula is C19H27NO3. The summed E-state index contributed by atoms with van der Waals surface area (Å²) < 4.78 is 62.7. The first-order valence-corrected chi connectivity index (χ1v) is 7.64. The molecule has 2 aliphatic heterocycles. The molecule has 1 fully saturated rings. The van der Waals surface area contributed by atoms with Crippen LogP contribution >= 0.6 is 0 Å². The van der Waals surface area contributed by atoms with Crippen LogP contribution in [0.4, 0.5) is 0 Å². The van der Waals surface area contributed by atoms with Crippen molar-refractivity contribution in [3.8, 4) is 11.5 Å². The molecule has 1 aromatic carbocycles. The number of benzene rings is 1. The van der Waals surface area contributed by atoms with E-state index in [-0.39, 0.29) is 13.0 Å². The summed E-state index contributed by atoms with van der Waals surface area (Å²) >= 11 is 0. The Hall–Kier alpha value is -1.52. The van der Waals surface area contributed by atoms with Crippen molar-refractivity contribution in [2.45, 2.75) is 38.3 Å². The van der Waals surface area contributed by atoms with E-state index in [1.807, 2.05) is 0 Å². The lowest BCUT2D eigenvalue weighted by Gasteiger charge is -2.46. The average molecular weight is 323 g/mol. The van der Waals surface area contributed by atoms with Crippen molar-refractivity contribution in [2.24, 2.45) is 5.89 Å². The molecule has 0 bridgehead atoms. The Morgan fingerprint density at radius 3 is 2.78 bits per heavy atom. The number of piperidine rings is 1. The molecule has 0 saturated carbocycles. The number of allylic oxidation sites excluding steroid dienone is 1. The number of hydrogen-bond acceptors (Lipinski definition) is 4. The maximum atomic E-state index is 11.0.